The van der Waals surface area contributed by atoms with Gasteiger partial charge in [0.05, 0.1) is 12.1 Å². The number of halogens is 1. The second-order valence-corrected chi connectivity index (χ2v) is 5.74. The van der Waals surface area contributed by atoms with E-state index in [0.717, 1.165) is 12.8 Å². The van der Waals surface area contributed by atoms with E-state index >= 15 is 0 Å². The van der Waals surface area contributed by atoms with Gasteiger partial charge in [-0.25, -0.2) is 4.79 Å². The molecule has 2 unspecified atom stereocenters. The maximum Gasteiger partial charge on any atom is 0.330 e. The first kappa shape index (κ1) is 18.3. The Kier molecular flexibility index (Phi) is 7.18. The Morgan fingerprint density at radius 3 is 2.59 bits per heavy atom. The quantitative estimate of drug-likeness (QED) is 0.767. The molecule has 0 spiro atoms. The van der Waals surface area contributed by atoms with Gasteiger partial charge in [-0.15, -0.1) is 0 Å². The van der Waals surface area contributed by atoms with Crippen LogP contribution in [0.1, 0.15) is 44.7 Å². The monoisotopic (exact) mass is 327 g/mol. The van der Waals surface area contributed by atoms with Gasteiger partial charge in [0.15, 0.2) is 6.04 Å². The van der Waals surface area contributed by atoms with Gasteiger partial charge in [0.25, 0.3) is 0 Å². The van der Waals surface area contributed by atoms with Crippen LogP contribution >= 0.6 is 11.6 Å². The molecule has 0 saturated heterocycles. The van der Waals surface area contributed by atoms with Crippen molar-refractivity contribution < 1.29 is 19.4 Å². The Bertz CT molecular complexity index is 533. The molecule has 1 amide bonds. The molecular weight excluding hydrogens is 306 g/mol. The fourth-order valence-electron chi connectivity index (χ4n) is 2.28. The average Bonchev–Trinajstić information content (AvgIpc) is 2.44. The molecule has 0 fully saturated rings. The number of aliphatic carboxylic acids is 1. The number of carboxylic acids is 1. The van der Waals surface area contributed by atoms with Crippen LogP contribution in [0.3, 0.4) is 0 Å². The molecule has 0 aliphatic rings. The van der Waals surface area contributed by atoms with Crippen LogP contribution in [0, 0.1) is 5.92 Å². The summed E-state index contributed by atoms with van der Waals surface area (Å²) in [4.78, 5) is 23.4. The third-order valence-electron chi connectivity index (χ3n) is 3.38. The molecule has 0 heterocycles. The zero-order valence-corrected chi connectivity index (χ0v) is 13.8. The van der Waals surface area contributed by atoms with Crippen LogP contribution in [0.4, 0.5) is 0 Å². The number of carbonyl (C=O) groups excluding carboxylic acids is 1. The number of rotatable bonds is 8. The summed E-state index contributed by atoms with van der Waals surface area (Å²) >= 11 is 6.01. The maximum atomic E-state index is 12.0. The summed E-state index contributed by atoms with van der Waals surface area (Å²) in [5.74, 6) is -0.727. The number of hydrogen-bond acceptors (Lipinski definition) is 3. The van der Waals surface area contributed by atoms with Crippen molar-refractivity contribution in [2.45, 2.75) is 39.2 Å². The lowest BCUT2D eigenvalue weighted by Crippen LogP contribution is -2.34. The van der Waals surface area contributed by atoms with E-state index in [1.54, 1.807) is 12.1 Å². The van der Waals surface area contributed by atoms with Gasteiger partial charge in [0.1, 0.15) is 5.75 Å². The summed E-state index contributed by atoms with van der Waals surface area (Å²) in [5, 5.41) is 12.2. The van der Waals surface area contributed by atoms with Crippen molar-refractivity contribution in [1.29, 1.82) is 0 Å². The summed E-state index contributed by atoms with van der Waals surface area (Å²) in [6, 6.07) is 3.54. The summed E-state index contributed by atoms with van der Waals surface area (Å²) in [6.07, 6.45) is 2.23. The lowest BCUT2D eigenvalue weighted by atomic mass is 10.0. The molecule has 0 bridgehead atoms. The SMILES string of the molecule is CCCC(C)CC(=O)NC(C(=O)O)c1ccc(OC)c(Cl)c1. The molecule has 22 heavy (non-hydrogen) atoms. The van der Waals surface area contributed by atoms with Crippen LogP contribution in [-0.4, -0.2) is 24.1 Å². The first-order valence-electron chi connectivity index (χ1n) is 7.24. The van der Waals surface area contributed by atoms with Crippen LogP contribution < -0.4 is 10.1 Å². The molecule has 2 atom stereocenters. The number of nitrogens with one attached hydrogen (secondary N) is 1. The average molecular weight is 328 g/mol. The summed E-state index contributed by atoms with van der Waals surface area (Å²) in [7, 11) is 1.48. The van der Waals surface area contributed by atoms with Gasteiger partial charge in [0.2, 0.25) is 5.91 Å². The minimum Gasteiger partial charge on any atom is -0.495 e. The van der Waals surface area contributed by atoms with Gasteiger partial charge >= 0.3 is 5.97 Å². The Morgan fingerprint density at radius 1 is 1.41 bits per heavy atom. The van der Waals surface area contributed by atoms with Crippen molar-refractivity contribution in [3.63, 3.8) is 0 Å². The third-order valence-corrected chi connectivity index (χ3v) is 3.67. The van der Waals surface area contributed by atoms with Gasteiger partial charge < -0.3 is 15.2 Å². The molecule has 1 aromatic rings. The Hall–Kier alpha value is -1.75. The largest absolute Gasteiger partial charge is 0.495 e. The van der Waals surface area contributed by atoms with Crippen molar-refractivity contribution in [3.05, 3.63) is 28.8 Å². The van der Waals surface area contributed by atoms with E-state index in [1.807, 2.05) is 13.8 Å². The van der Waals surface area contributed by atoms with Gasteiger partial charge in [-0.1, -0.05) is 44.4 Å². The molecule has 0 radical (unpaired) electrons. The van der Waals surface area contributed by atoms with Crippen molar-refractivity contribution >= 4 is 23.5 Å². The Labute approximate surface area is 135 Å². The normalized spacial score (nSPS) is 13.3. The Morgan fingerprint density at radius 2 is 2.09 bits per heavy atom. The van der Waals surface area contributed by atoms with E-state index in [1.165, 1.54) is 13.2 Å². The van der Waals surface area contributed by atoms with E-state index in [-0.39, 0.29) is 11.8 Å². The lowest BCUT2D eigenvalue weighted by Gasteiger charge is -2.17. The third kappa shape index (κ3) is 5.22. The van der Waals surface area contributed by atoms with Crippen LogP contribution in [0.2, 0.25) is 5.02 Å². The van der Waals surface area contributed by atoms with Crippen LogP contribution in [-0.2, 0) is 9.59 Å². The number of amides is 1. The van der Waals surface area contributed by atoms with E-state index < -0.39 is 12.0 Å². The topological polar surface area (TPSA) is 75.6 Å². The highest BCUT2D eigenvalue weighted by Crippen LogP contribution is 2.28. The van der Waals surface area contributed by atoms with Gasteiger partial charge in [-0.3, -0.25) is 4.79 Å². The van der Waals surface area contributed by atoms with Crippen molar-refractivity contribution in [2.75, 3.05) is 7.11 Å². The molecule has 0 aliphatic carbocycles. The fraction of sp³-hybridized carbons (Fsp3) is 0.500. The van der Waals surface area contributed by atoms with E-state index in [2.05, 4.69) is 5.32 Å². The zero-order valence-electron chi connectivity index (χ0n) is 13.1. The highest BCUT2D eigenvalue weighted by molar-refractivity contribution is 6.32. The van der Waals surface area contributed by atoms with Gasteiger partial charge in [-0.05, 0) is 23.6 Å². The lowest BCUT2D eigenvalue weighted by molar-refractivity contribution is -0.142. The number of benzene rings is 1. The first-order chi connectivity index (χ1) is 10.4. The highest BCUT2D eigenvalue weighted by Gasteiger charge is 2.23. The summed E-state index contributed by atoms with van der Waals surface area (Å²) in [5.41, 5.74) is 0.412. The van der Waals surface area contributed by atoms with Crippen LogP contribution in [0.15, 0.2) is 18.2 Å². The molecule has 122 valence electrons. The number of carboxylic acid groups (broad SMARTS) is 1. The van der Waals surface area contributed by atoms with Crippen LogP contribution in [0.5, 0.6) is 5.75 Å². The molecule has 1 rings (SSSR count). The molecule has 1 aromatic carbocycles. The maximum absolute atomic E-state index is 12.0. The number of hydrogen-bond donors (Lipinski definition) is 2. The number of methoxy groups -OCH3 is 1. The molecule has 0 aliphatic heterocycles. The molecule has 0 aromatic heterocycles. The molecule has 0 saturated carbocycles. The molecule has 2 N–H and O–H groups in total. The second kappa shape index (κ2) is 8.63. The second-order valence-electron chi connectivity index (χ2n) is 5.33. The molecule has 6 heteroatoms. The Balaban J connectivity index is 2.84. The summed E-state index contributed by atoms with van der Waals surface area (Å²) in [6.45, 7) is 4.02. The smallest absolute Gasteiger partial charge is 0.330 e. The van der Waals surface area contributed by atoms with Crippen molar-refractivity contribution in [1.82, 2.24) is 5.32 Å². The van der Waals surface area contributed by atoms with E-state index in [0.29, 0.717) is 22.8 Å². The van der Waals surface area contributed by atoms with E-state index in [9.17, 15) is 14.7 Å². The number of carbonyl (C=O) groups is 2. The van der Waals surface area contributed by atoms with Crippen molar-refractivity contribution in [2.24, 2.45) is 5.92 Å². The summed E-state index contributed by atoms with van der Waals surface area (Å²) < 4.78 is 5.03. The predicted octanol–water partition coefficient (Wildman–Crippen LogP) is 3.42. The molecular formula is C16H22ClNO4. The fourth-order valence-corrected chi connectivity index (χ4v) is 2.55. The predicted molar refractivity (Wildman–Crippen MR) is 85.2 cm³/mol. The first-order valence-corrected chi connectivity index (χ1v) is 7.62. The van der Waals surface area contributed by atoms with Crippen molar-refractivity contribution in [3.8, 4) is 5.75 Å². The number of ether oxygens (including phenoxy) is 1. The van der Waals surface area contributed by atoms with Gasteiger partial charge in [-0.2, -0.15) is 0 Å². The van der Waals surface area contributed by atoms with E-state index in [4.69, 9.17) is 16.3 Å². The van der Waals surface area contributed by atoms with Crippen LogP contribution in [0.25, 0.3) is 0 Å². The molecule has 5 nitrogen and oxygen atoms in total. The minimum atomic E-state index is -1.13. The zero-order chi connectivity index (χ0) is 16.7. The van der Waals surface area contributed by atoms with Gasteiger partial charge in [0, 0.05) is 6.42 Å². The highest BCUT2D eigenvalue weighted by atomic mass is 35.5. The minimum absolute atomic E-state index is 0.221. The standard InChI is InChI=1S/C16H22ClNO4/c1-4-5-10(2)8-14(19)18-15(16(20)21)11-6-7-13(22-3)12(17)9-11/h6-7,9-10,15H,4-5,8H2,1-3H3,(H,18,19)(H,20,21).